The average molecular weight is 377 g/mol. The smallest absolute Gasteiger partial charge is 0.391 e. The molecule has 0 fully saturated rings. The lowest BCUT2D eigenvalue weighted by atomic mass is 10.1. The second kappa shape index (κ2) is 7.36. The largest absolute Gasteiger partial charge is 0.416 e. The number of halogens is 3. The number of aromatic nitrogens is 4. The Labute approximate surface area is 153 Å². The van der Waals surface area contributed by atoms with Gasteiger partial charge in [-0.15, -0.1) is 10.2 Å². The molecule has 3 aromatic rings. The number of nitrogens with one attached hydrogen (secondary N) is 1. The van der Waals surface area contributed by atoms with Gasteiger partial charge in [-0.25, -0.2) is 0 Å². The van der Waals surface area contributed by atoms with Crippen LogP contribution in [0.3, 0.4) is 0 Å². The number of hydrogen-bond acceptors (Lipinski definition) is 5. The Balaban J connectivity index is 1.87. The first kappa shape index (κ1) is 18.8. The van der Waals surface area contributed by atoms with Crippen LogP contribution in [0.1, 0.15) is 25.5 Å². The number of hydrogen-bond donors (Lipinski definition) is 2. The van der Waals surface area contributed by atoms with Crippen molar-refractivity contribution in [2.24, 2.45) is 0 Å². The SMILES string of the molecule is C[C@H](O)[C@@H](C)n1nnc(-c2ccccc2Nc2ccc(C(F)(F)F)cc2)n1. The molecule has 1 heterocycles. The van der Waals surface area contributed by atoms with Crippen LogP contribution in [-0.4, -0.2) is 31.4 Å². The maximum absolute atomic E-state index is 12.7. The minimum atomic E-state index is -4.38. The molecule has 0 aliphatic rings. The minimum Gasteiger partial charge on any atom is -0.391 e. The minimum absolute atomic E-state index is 0.345. The van der Waals surface area contributed by atoms with Crippen LogP contribution in [0.2, 0.25) is 0 Å². The lowest BCUT2D eigenvalue weighted by Gasteiger charge is -2.12. The molecule has 2 aromatic carbocycles. The van der Waals surface area contributed by atoms with E-state index in [9.17, 15) is 18.3 Å². The fraction of sp³-hybridized carbons (Fsp3) is 0.278. The van der Waals surface area contributed by atoms with E-state index in [-0.39, 0.29) is 6.04 Å². The van der Waals surface area contributed by atoms with Gasteiger partial charge in [0, 0.05) is 16.9 Å². The number of nitrogens with zero attached hydrogens (tertiary/aromatic N) is 4. The van der Waals surface area contributed by atoms with E-state index in [2.05, 4.69) is 20.7 Å². The summed E-state index contributed by atoms with van der Waals surface area (Å²) < 4.78 is 38.1. The second-order valence-corrected chi connectivity index (χ2v) is 6.16. The molecule has 0 bridgehead atoms. The molecule has 0 spiro atoms. The van der Waals surface area contributed by atoms with Crippen LogP contribution in [0, 0.1) is 0 Å². The monoisotopic (exact) mass is 377 g/mol. The molecule has 2 atom stereocenters. The van der Waals surface area contributed by atoms with E-state index < -0.39 is 17.8 Å². The summed E-state index contributed by atoms with van der Waals surface area (Å²) in [5.74, 6) is 0.345. The first-order valence-electron chi connectivity index (χ1n) is 8.27. The van der Waals surface area contributed by atoms with Crippen molar-refractivity contribution in [3.8, 4) is 11.4 Å². The van der Waals surface area contributed by atoms with E-state index in [1.807, 2.05) is 0 Å². The molecule has 2 N–H and O–H groups in total. The first-order valence-corrected chi connectivity index (χ1v) is 8.27. The number of benzene rings is 2. The molecule has 3 rings (SSSR count). The van der Waals surface area contributed by atoms with Crippen molar-refractivity contribution in [1.82, 2.24) is 20.2 Å². The molecule has 27 heavy (non-hydrogen) atoms. The molecule has 0 amide bonds. The highest BCUT2D eigenvalue weighted by molar-refractivity contribution is 5.77. The predicted molar refractivity (Wildman–Crippen MR) is 94.4 cm³/mol. The van der Waals surface area contributed by atoms with Crippen LogP contribution in [0.25, 0.3) is 11.4 Å². The molecular formula is C18H18F3N5O. The number of aliphatic hydroxyl groups excluding tert-OH is 1. The van der Waals surface area contributed by atoms with Gasteiger partial charge in [-0.1, -0.05) is 12.1 Å². The molecule has 0 saturated heterocycles. The summed E-state index contributed by atoms with van der Waals surface area (Å²) in [5.41, 5.74) is 1.06. The third-order valence-corrected chi connectivity index (χ3v) is 4.15. The van der Waals surface area contributed by atoms with Crippen LogP contribution >= 0.6 is 0 Å². The van der Waals surface area contributed by atoms with Gasteiger partial charge in [-0.05, 0) is 55.5 Å². The lowest BCUT2D eigenvalue weighted by molar-refractivity contribution is -0.137. The molecule has 0 unspecified atom stereocenters. The van der Waals surface area contributed by atoms with E-state index in [0.29, 0.717) is 22.8 Å². The van der Waals surface area contributed by atoms with Crippen LogP contribution in [0.5, 0.6) is 0 Å². The normalized spacial score (nSPS) is 14.0. The Bertz CT molecular complexity index is 906. The maximum atomic E-state index is 12.7. The molecule has 142 valence electrons. The van der Waals surface area contributed by atoms with Crippen molar-refractivity contribution < 1.29 is 18.3 Å². The van der Waals surface area contributed by atoms with Gasteiger partial charge in [-0.2, -0.15) is 18.0 Å². The maximum Gasteiger partial charge on any atom is 0.416 e. The zero-order valence-corrected chi connectivity index (χ0v) is 14.6. The average Bonchev–Trinajstić information content (AvgIpc) is 3.11. The van der Waals surface area contributed by atoms with Gasteiger partial charge in [0.05, 0.1) is 17.7 Å². The zero-order chi connectivity index (χ0) is 19.6. The van der Waals surface area contributed by atoms with Crippen molar-refractivity contribution in [3.63, 3.8) is 0 Å². The van der Waals surface area contributed by atoms with Gasteiger partial charge >= 0.3 is 6.18 Å². The van der Waals surface area contributed by atoms with Gasteiger partial charge < -0.3 is 10.4 Å². The number of anilines is 2. The standard InChI is InChI=1S/C18H18F3N5O/c1-11(12(2)27)26-24-17(23-25-26)15-5-3-4-6-16(15)22-14-9-7-13(8-10-14)18(19,20)21/h3-12,22,27H,1-2H3/t11-,12+/m1/s1. The van der Waals surface area contributed by atoms with E-state index >= 15 is 0 Å². The molecule has 0 saturated carbocycles. The summed E-state index contributed by atoms with van der Waals surface area (Å²) in [6.07, 6.45) is -5.02. The molecule has 0 aliphatic carbocycles. The summed E-state index contributed by atoms with van der Waals surface area (Å²) in [7, 11) is 0. The molecular weight excluding hydrogens is 359 g/mol. The van der Waals surface area contributed by atoms with E-state index in [1.54, 1.807) is 38.1 Å². The Morgan fingerprint density at radius 2 is 1.70 bits per heavy atom. The third kappa shape index (κ3) is 4.25. The first-order chi connectivity index (χ1) is 12.8. The fourth-order valence-electron chi connectivity index (χ4n) is 2.38. The molecule has 0 radical (unpaired) electrons. The lowest BCUT2D eigenvalue weighted by Crippen LogP contribution is -2.20. The predicted octanol–water partition coefficient (Wildman–Crippen LogP) is 4.04. The third-order valence-electron chi connectivity index (χ3n) is 4.15. The van der Waals surface area contributed by atoms with Crippen molar-refractivity contribution in [3.05, 3.63) is 54.1 Å². The summed E-state index contributed by atoms with van der Waals surface area (Å²) in [6, 6.07) is 11.5. The summed E-state index contributed by atoms with van der Waals surface area (Å²) >= 11 is 0. The number of aliphatic hydroxyl groups is 1. The fourth-order valence-corrected chi connectivity index (χ4v) is 2.38. The summed E-state index contributed by atoms with van der Waals surface area (Å²) in [5, 5.41) is 25.0. The zero-order valence-electron chi connectivity index (χ0n) is 14.6. The van der Waals surface area contributed by atoms with Crippen LogP contribution in [0.15, 0.2) is 48.5 Å². The Kier molecular flexibility index (Phi) is 5.13. The second-order valence-electron chi connectivity index (χ2n) is 6.16. The van der Waals surface area contributed by atoms with Gasteiger partial charge in [-0.3, -0.25) is 0 Å². The summed E-state index contributed by atoms with van der Waals surface area (Å²) in [6.45, 7) is 3.40. The molecule has 1 aromatic heterocycles. The number of alkyl halides is 3. The number of rotatable bonds is 5. The van der Waals surface area contributed by atoms with Crippen molar-refractivity contribution in [2.75, 3.05) is 5.32 Å². The van der Waals surface area contributed by atoms with E-state index in [4.69, 9.17) is 0 Å². The van der Waals surface area contributed by atoms with Crippen LogP contribution in [-0.2, 0) is 6.18 Å². The van der Waals surface area contributed by atoms with Crippen molar-refractivity contribution in [2.45, 2.75) is 32.2 Å². The van der Waals surface area contributed by atoms with Crippen LogP contribution < -0.4 is 5.32 Å². The van der Waals surface area contributed by atoms with Gasteiger partial charge in [0.1, 0.15) is 0 Å². The molecule has 9 heteroatoms. The Morgan fingerprint density at radius 1 is 1.04 bits per heavy atom. The topological polar surface area (TPSA) is 75.9 Å². The van der Waals surface area contributed by atoms with Gasteiger partial charge in [0.15, 0.2) is 0 Å². The number of tetrazole rings is 1. The molecule has 6 nitrogen and oxygen atoms in total. The van der Waals surface area contributed by atoms with Crippen LogP contribution in [0.4, 0.5) is 24.5 Å². The van der Waals surface area contributed by atoms with Crippen molar-refractivity contribution in [1.29, 1.82) is 0 Å². The molecule has 0 aliphatic heterocycles. The highest BCUT2D eigenvalue weighted by Gasteiger charge is 2.30. The highest BCUT2D eigenvalue weighted by atomic mass is 19.4. The van der Waals surface area contributed by atoms with Gasteiger partial charge in [0.2, 0.25) is 5.82 Å². The van der Waals surface area contributed by atoms with E-state index in [1.165, 1.54) is 16.9 Å². The number of para-hydroxylation sites is 1. The summed E-state index contributed by atoms with van der Waals surface area (Å²) in [4.78, 5) is 1.33. The Morgan fingerprint density at radius 3 is 2.33 bits per heavy atom. The van der Waals surface area contributed by atoms with E-state index in [0.717, 1.165) is 12.1 Å². The Hall–Kier alpha value is -2.94. The quantitative estimate of drug-likeness (QED) is 0.702. The van der Waals surface area contributed by atoms with Gasteiger partial charge in [0.25, 0.3) is 0 Å². The van der Waals surface area contributed by atoms with Crippen molar-refractivity contribution >= 4 is 11.4 Å². The highest BCUT2D eigenvalue weighted by Crippen LogP contribution is 2.32.